The number of piperidine rings is 2. The van der Waals surface area contributed by atoms with Gasteiger partial charge in [-0.15, -0.1) is 0 Å². The molecule has 3 fully saturated rings. The third-order valence-corrected chi connectivity index (χ3v) is 7.96. The van der Waals surface area contributed by atoms with E-state index in [9.17, 15) is 14.4 Å². The highest BCUT2D eigenvalue weighted by molar-refractivity contribution is 6.22. The molecule has 7 nitrogen and oxygen atoms in total. The number of rotatable bonds is 5. The maximum absolute atomic E-state index is 13.2. The molecule has 0 aliphatic carbocycles. The van der Waals surface area contributed by atoms with E-state index < -0.39 is 0 Å². The van der Waals surface area contributed by atoms with Crippen LogP contribution in [0.4, 0.5) is 5.69 Å². The number of likely N-dealkylation sites (tertiary alicyclic amines) is 2. The summed E-state index contributed by atoms with van der Waals surface area (Å²) in [5, 5.41) is 0. The number of methoxy groups -OCH3 is 1. The maximum atomic E-state index is 13.2. The highest BCUT2D eigenvalue weighted by atomic mass is 16.5. The van der Waals surface area contributed by atoms with Crippen molar-refractivity contribution in [2.45, 2.75) is 38.1 Å². The van der Waals surface area contributed by atoms with Crippen molar-refractivity contribution >= 4 is 23.4 Å². The van der Waals surface area contributed by atoms with Crippen molar-refractivity contribution in [1.29, 1.82) is 0 Å². The summed E-state index contributed by atoms with van der Waals surface area (Å²) in [6.07, 6.45) is 4.38. The molecule has 184 valence electrons. The first-order chi connectivity index (χ1) is 17.0. The number of benzene rings is 2. The van der Waals surface area contributed by atoms with Gasteiger partial charge in [-0.3, -0.25) is 19.3 Å². The van der Waals surface area contributed by atoms with E-state index in [-0.39, 0.29) is 30.2 Å². The van der Waals surface area contributed by atoms with Crippen molar-refractivity contribution in [2.75, 3.05) is 38.2 Å². The van der Waals surface area contributed by atoms with Crippen molar-refractivity contribution in [3.63, 3.8) is 0 Å². The zero-order valence-electron chi connectivity index (χ0n) is 20.3. The predicted molar refractivity (Wildman–Crippen MR) is 133 cm³/mol. The van der Waals surface area contributed by atoms with Crippen molar-refractivity contribution in [1.82, 2.24) is 9.80 Å². The van der Waals surface area contributed by atoms with Crippen LogP contribution in [0.3, 0.4) is 0 Å². The van der Waals surface area contributed by atoms with Crippen LogP contribution in [-0.4, -0.2) is 66.9 Å². The minimum atomic E-state index is -0.375. The van der Waals surface area contributed by atoms with Crippen LogP contribution in [0.1, 0.15) is 42.5 Å². The first kappa shape index (κ1) is 23.5. The Morgan fingerprint density at radius 1 is 0.857 bits per heavy atom. The summed E-state index contributed by atoms with van der Waals surface area (Å²) >= 11 is 0. The highest BCUT2D eigenvalue weighted by Gasteiger charge is 2.44. The summed E-state index contributed by atoms with van der Waals surface area (Å²) < 4.78 is 5.26. The van der Waals surface area contributed by atoms with Gasteiger partial charge >= 0.3 is 0 Å². The van der Waals surface area contributed by atoms with Gasteiger partial charge in [-0.2, -0.15) is 0 Å². The molecule has 7 heteroatoms. The van der Waals surface area contributed by atoms with Gasteiger partial charge in [-0.1, -0.05) is 24.3 Å². The lowest BCUT2D eigenvalue weighted by atomic mass is 9.78. The van der Waals surface area contributed by atoms with E-state index in [0.29, 0.717) is 23.3 Å². The lowest BCUT2D eigenvalue weighted by Crippen LogP contribution is -2.47. The molecule has 0 saturated carbocycles. The number of imide groups is 1. The molecule has 0 spiro atoms. The Bertz CT molecular complexity index is 1070. The molecule has 3 aliphatic rings. The van der Waals surface area contributed by atoms with Crippen LogP contribution in [0.5, 0.6) is 5.75 Å². The van der Waals surface area contributed by atoms with E-state index in [1.54, 1.807) is 31.4 Å². The van der Waals surface area contributed by atoms with Crippen molar-refractivity contribution < 1.29 is 19.1 Å². The predicted octanol–water partition coefficient (Wildman–Crippen LogP) is 3.59. The van der Waals surface area contributed by atoms with Crippen LogP contribution < -0.4 is 9.64 Å². The molecule has 2 aromatic rings. The standard InChI is InChI=1S/C28H33N3O4/c1-35-24-9-5-8-23(18-24)31-26(32)19-25(28(31)34)29-14-10-20(11-15-29)21-12-16-30(17-13-21)27(33)22-6-3-2-4-7-22/h2-9,18,20-21,25H,10-17,19H2,1H3. The average molecular weight is 476 g/mol. The molecule has 0 aromatic heterocycles. The van der Waals surface area contributed by atoms with Crippen LogP contribution >= 0.6 is 0 Å². The summed E-state index contributed by atoms with van der Waals surface area (Å²) in [6.45, 7) is 3.29. The Labute approximate surface area is 206 Å². The smallest absolute Gasteiger partial charge is 0.253 e. The van der Waals surface area contributed by atoms with Crippen LogP contribution in [0, 0.1) is 11.8 Å². The number of nitrogens with zero attached hydrogens (tertiary/aromatic N) is 3. The van der Waals surface area contributed by atoms with Gasteiger partial charge in [0.2, 0.25) is 5.91 Å². The molecule has 1 unspecified atom stereocenters. The van der Waals surface area contributed by atoms with Crippen LogP contribution in [0.25, 0.3) is 0 Å². The Morgan fingerprint density at radius 2 is 1.51 bits per heavy atom. The van der Waals surface area contributed by atoms with Crippen LogP contribution in [-0.2, 0) is 9.59 Å². The molecule has 0 N–H and O–H groups in total. The van der Waals surface area contributed by atoms with Gasteiger partial charge in [0.25, 0.3) is 11.8 Å². The second kappa shape index (κ2) is 10.2. The van der Waals surface area contributed by atoms with Gasteiger partial charge < -0.3 is 9.64 Å². The number of carbonyl (C=O) groups excluding carboxylic acids is 3. The molecule has 3 saturated heterocycles. The molecule has 1 atom stereocenters. The van der Waals surface area contributed by atoms with E-state index in [0.717, 1.165) is 57.4 Å². The van der Waals surface area contributed by atoms with E-state index in [4.69, 9.17) is 4.74 Å². The Morgan fingerprint density at radius 3 is 2.17 bits per heavy atom. The van der Waals surface area contributed by atoms with E-state index in [2.05, 4.69) is 4.90 Å². The van der Waals surface area contributed by atoms with Crippen molar-refractivity contribution in [3.8, 4) is 5.75 Å². The second-order valence-electron chi connectivity index (χ2n) is 9.86. The van der Waals surface area contributed by atoms with E-state index >= 15 is 0 Å². The summed E-state index contributed by atoms with van der Waals surface area (Å²) in [5.41, 5.74) is 1.34. The SMILES string of the molecule is COc1cccc(N2C(=O)CC(N3CCC(C4CCN(C(=O)c5ccccc5)CC4)CC3)C2=O)c1. The van der Waals surface area contributed by atoms with Gasteiger partial charge in [0.1, 0.15) is 5.75 Å². The van der Waals surface area contributed by atoms with Gasteiger partial charge in [-0.25, -0.2) is 4.90 Å². The van der Waals surface area contributed by atoms with Gasteiger partial charge in [0, 0.05) is 24.7 Å². The number of hydrogen-bond acceptors (Lipinski definition) is 5. The second-order valence-corrected chi connectivity index (χ2v) is 9.86. The molecule has 3 amide bonds. The third kappa shape index (κ3) is 4.82. The van der Waals surface area contributed by atoms with Crippen LogP contribution in [0.2, 0.25) is 0 Å². The largest absolute Gasteiger partial charge is 0.497 e. The minimum absolute atomic E-state index is 0.129. The normalized spacial score (nSPS) is 22.6. The number of anilines is 1. The van der Waals surface area contributed by atoms with E-state index in [1.807, 2.05) is 35.2 Å². The summed E-state index contributed by atoms with van der Waals surface area (Å²) in [4.78, 5) is 44.2. The molecular weight excluding hydrogens is 442 g/mol. The average Bonchev–Trinajstić information content (AvgIpc) is 3.22. The molecule has 3 heterocycles. The molecule has 3 aliphatic heterocycles. The number of carbonyl (C=O) groups is 3. The molecule has 2 aromatic carbocycles. The van der Waals surface area contributed by atoms with Gasteiger partial charge in [-0.05, 0) is 74.9 Å². The van der Waals surface area contributed by atoms with Gasteiger partial charge in [0.15, 0.2) is 0 Å². The molecule has 0 radical (unpaired) electrons. The highest BCUT2D eigenvalue weighted by Crippen LogP contribution is 2.35. The topological polar surface area (TPSA) is 70.2 Å². The first-order valence-electron chi connectivity index (χ1n) is 12.6. The van der Waals surface area contributed by atoms with Crippen molar-refractivity contribution in [2.24, 2.45) is 11.8 Å². The van der Waals surface area contributed by atoms with Crippen molar-refractivity contribution in [3.05, 3.63) is 60.2 Å². The number of hydrogen-bond donors (Lipinski definition) is 0. The van der Waals surface area contributed by atoms with E-state index in [1.165, 1.54) is 4.90 Å². The van der Waals surface area contributed by atoms with Crippen LogP contribution in [0.15, 0.2) is 54.6 Å². The Balaban J connectivity index is 1.14. The summed E-state index contributed by atoms with van der Waals surface area (Å²) in [7, 11) is 1.57. The lowest BCUT2D eigenvalue weighted by molar-refractivity contribution is -0.123. The Kier molecular flexibility index (Phi) is 6.86. The zero-order chi connectivity index (χ0) is 24.4. The quantitative estimate of drug-likeness (QED) is 0.618. The summed E-state index contributed by atoms with van der Waals surface area (Å²) in [6, 6.07) is 16.3. The fourth-order valence-corrected chi connectivity index (χ4v) is 5.96. The first-order valence-corrected chi connectivity index (χ1v) is 12.6. The number of amides is 3. The molecule has 5 rings (SSSR count). The fourth-order valence-electron chi connectivity index (χ4n) is 5.96. The minimum Gasteiger partial charge on any atom is -0.497 e. The molecule has 35 heavy (non-hydrogen) atoms. The fraction of sp³-hybridized carbons (Fsp3) is 0.464. The summed E-state index contributed by atoms with van der Waals surface area (Å²) in [5.74, 6) is 1.71. The third-order valence-electron chi connectivity index (χ3n) is 7.96. The zero-order valence-corrected chi connectivity index (χ0v) is 20.3. The molecule has 0 bridgehead atoms. The maximum Gasteiger partial charge on any atom is 0.253 e. The lowest BCUT2D eigenvalue weighted by Gasteiger charge is -2.41. The monoisotopic (exact) mass is 475 g/mol. The molecular formula is C28H33N3O4. The van der Waals surface area contributed by atoms with Gasteiger partial charge in [0.05, 0.1) is 25.3 Å². The number of ether oxygens (including phenoxy) is 1. The Hall–Kier alpha value is -3.19.